The fraction of sp³-hybridized carbons (Fsp3) is 0.381. The van der Waals surface area contributed by atoms with Gasteiger partial charge in [-0.3, -0.25) is 9.69 Å². The minimum atomic E-state index is -0.905. The maximum Gasteiger partial charge on any atom is 0.305 e. The van der Waals surface area contributed by atoms with E-state index in [0.29, 0.717) is 24.9 Å². The molecule has 0 bridgehead atoms. The highest BCUT2D eigenvalue weighted by Crippen LogP contribution is 2.14. The van der Waals surface area contributed by atoms with Gasteiger partial charge in [0, 0.05) is 31.6 Å². The number of rotatable bonds is 10. The molecule has 2 aromatic rings. The van der Waals surface area contributed by atoms with E-state index >= 15 is 0 Å². The Hall–Kier alpha value is -2.31. The van der Waals surface area contributed by atoms with Crippen LogP contribution in [0.2, 0.25) is 0 Å². The van der Waals surface area contributed by atoms with Crippen molar-refractivity contribution in [2.75, 3.05) is 13.2 Å². The van der Waals surface area contributed by atoms with Crippen LogP contribution in [0.15, 0.2) is 48.5 Å². The van der Waals surface area contributed by atoms with Crippen LogP contribution in [-0.2, 0) is 22.6 Å². The Kier molecular flexibility index (Phi) is 8.36. The molecular formula is C21H25F2NO3. The summed E-state index contributed by atoms with van der Waals surface area (Å²) in [6.45, 7) is 2.61. The third-order valence-corrected chi connectivity index (χ3v) is 4.03. The summed E-state index contributed by atoms with van der Waals surface area (Å²) in [7, 11) is 0. The van der Waals surface area contributed by atoms with Gasteiger partial charge in [0.2, 0.25) is 0 Å². The van der Waals surface area contributed by atoms with E-state index in [1.54, 1.807) is 30.3 Å². The maximum atomic E-state index is 14.0. The summed E-state index contributed by atoms with van der Waals surface area (Å²) >= 11 is 0. The Morgan fingerprint density at radius 2 is 1.81 bits per heavy atom. The van der Waals surface area contributed by atoms with E-state index in [9.17, 15) is 18.7 Å². The van der Waals surface area contributed by atoms with Gasteiger partial charge in [-0.1, -0.05) is 37.3 Å². The van der Waals surface area contributed by atoms with E-state index in [-0.39, 0.29) is 37.3 Å². The quantitative estimate of drug-likeness (QED) is 0.642. The van der Waals surface area contributed by atoms with Crippen LogP contribution >= 0.6 is 0 Å². The van der Waals surface area contributed by atoms with Crippen LogP contribution in [0, 0.1) is 11.6 Å². The highest BCUT2D eigenvalue weighted by Gasteiger charge is 2.16. The molecule has 1 N–H and O–H groups in total. The average Bonchev–Trinajstić information content (AvgIpc) is 2.64. The number of hydrogen-bond acceptors (Lipinski definition) is 4. The molecule has 0 aromatic heterocycles. The van der Waals surface area contributed by atoms with Crippen LogP contribution in [-0.4, -0.2) is 35.2 Å². The number of carbonyl (C=O) groups is 1. The number of nitrogens with zero attached hydrogens (tertiary/aromatic N) is 1. The Balaban J connectivity index is 2.03. The molecule has 2 rings (SSSR count). The molecule has 0 amide bonds. The molecule has 0 spiro atoms. The van der Waals surface area contributed by atoms with Crippen molar-refractivity contribution in [1.29, 1.82) is 0 Å². The number of aliphatic hydroxyl groups is 1. The monoisotopic (exact) mass is 377 g/mol. The summed E-state index contributed by atoms with van der Waals surface area (Å²) in [4.78, 5) is 13.3. The lowest BCUT2D eigenvalue weighted by Crippen LogP contribution is -2.35. The Morgan fingerprint density at radius 3 is 2.48 bits per heavy atom. The summed E-state index contributed by atoms with van der Waals surface area (Å²) < 4.78 is 32.2. The Bertz CT molecular complexity index is 722. The number of halogens is 2. The molecular weight excluding hydrogens is 352 g/mol. The third-order valence-electron chi connectivity index (χ3n) is 4.03. The van der Waals surface area contributed by atoms with Crippen LogP contribution in [0.25, 0.3) is 0 Å². The molecule has 27 heavy (non-hydrogen) atoms. The van der Waals surface area contributed by atoms with Crippen molar-refractivity contribution in [3.05, 3.63) is 71.3 Å². The zero-order valence-electron chi connectivity index (χ0n) is 15.4. The first-order valence-corrected chi connectivity index (χ1v) is 9.01. The number of aliphatic hydroxyl groups excluding tert-OH is 1. The first-order chi connectivity index (χ1) is 13.0. The van der Waals surface area contributed by atoms with Gasteiger partial charge in [0.15, 0.2) is 0 Å². The molecule has 0 saturated carbocycles. The van der Waals surface area contributed by atoms with Crippen molar-refractivity contribution in [2.24, 2.45) is 0 Å². The van der Waals surface area contributed by atoms with Gasteiger partial charge in [-0.25, -0.2) is 8.78 Å². The van der Waals surface area contributed by atoms with Gasteiger partial charge >= 0.3 is 5.97 Å². The summed E-state index contributed by atoms with van der Waals surface area (Å²) in [5, 5.41) is 10.2. The highest BCUT2D eigenvalue weighted by atomic mass is 19.1. The summed E-state index contributed by atoms with van der Waals surface area (Å²) in [6.07, 6.45) is 0.0817. The predicted molar refractivity (Wildman–Crippen MR) is 98.8 cm³/mol. The molecule has 146 valence electrons. The topological polar surface area (TPSA) is 49.8 Å². The number of benzene rings is 2. The predicted octanol–water partition coefficient (Wildman–Crippen LogP) is 3.67. The molecule has 0 fully saturated rings. The second-order valence-electron chi connectivity index (χ2n) is 6.47. The molecule has 4 nitrogen and oxygen atoms in total. The smallest absolute Gasteiger partial charge is 0.305 e. The zero-order valence-corrected chi connectivity index (χ0v) is 15.4. The van der Waals surface area contributed by atoms with Gasteiger partial charge in [-0.15, -0.1) is 0 Å². The SMILES string of the molecule is CCCC(=O)OCC(O)CN(Cc1ccc(F)cc1)Cc1ccccc1F. The van der Waals surface area contributed by atoms with Crippen molar-refractivity contribution in [2.45, 2.75) is 39.0 Å². The van der Waals surface area contributed by atoms with E-state index in [0.717, 1.165) is 5.56 Å². The fourth-order valence-electron chi connectivity index (χ4n) is 2.72. The van der Waals surface area contributed by atoms with Gasteiger partial charge in [0.05, 0.1) is 0 Å². The van der Waals surface area contributed by atoms with Gasteiger partial charge in [-0.05, 0) is 30.2 Å². The van der Waals surface area contributed by atoms with Crippen molar-refractivity contribution in [1.82, 2.24) is 4.90 Å². The molecule has 1 atom stereocenters. The van der Waals surface area contributed by atoms with E-state index in [1.165, 1.54) is 18.2 Å². The lowest BCUT2D eigenvalue weighted by atomic mass is 10.1. The second-order valence-corrected chi connectivity index (χ2v) is 6.47. The third kappa shape index (κ3) is 7.45. The first-order valence-electron chi connectivity index (χ1n) is 9.01. The second kappa shape index (κ2) is 10.7. The Labute approximate surface area is 158 Å². The van der Waals surface area contributed by atoms with Crippen molar-refractivity contribution in [3.8, 4) is 0 Å². The lowest BCUT2D eigenvalue weighted by Gasteiger charge is -2.25. The van der Waals surface area contributed by atoms with Gasteiger partial charge in [-0.2, -0.15) is 0 Å². The van der Waals surface area contributed by atoms with Crippen LogP contribution in [0.4, 0.5) is 8.78 Å². The highest BCUT2D eigenvalue weighted by molar-refractivity contribution is 5.69. The number of carbonyl (C=O) groups excluding carboxylic acids is 1. The largest absolute Gasteiger partial charge is 0.463 e. The van der Waals surface area contributed by atoms with Gasteiger partial charge in [0.1, 0.15) is 24.3 Å². The molecule has 0 heterocycles. The molecule has 1 unspecified atom stereocenters. The molecule has 2 aromatic carbocycles. The van der Waals surface area contributed by atoms with Crippen LogP contribution in [0.1, 0.15) is 30.9 Å². The molecule has 0 aliphatic carbocycles. The standard InChI is InChI=1S/C21H25F2NO3/c1-2-5-21(26)27-15-19(25)14-24(12-16-8-10-18(22)11-9-16)13-17-6-3-4-7-20(17)23/h3-4,6-11,19,25H,2,5,12-15H2,1H3. The number of ether oxygens (including phenoxy) is 1. The van der Waals surface area contributed by atoms with Crippen LogP contribution in [0.5, 0.6) is 0 Å². The number of hydrogen-bond donors (Lipinski definition) is 1. The molecule has 0 aliphatic heterocycles. The number of esters is 1. The van der Waals surface area contributed by atoms with Crippen molar-refractivity contribution in [3.63, 3.8) is 0 Å². The molecule has 0 aliphatic rings. The lowest BCUT2D eigenvalue weighted by molar-refractivity contribution is -0.147. The van der Waals surface area contributed by atoms with Crippen LogP contribution < -0.4 is 0 Å². The summed E-state index contributed by atoms with van der Waals surface area (Å²) in [6, 6.07) is 12.4. The summed E-state index contributed by atoms with van der Waals surface area (Å²) in [5.74, 6) is -1.01. The normalized spacial score (nSPS) is 12.2. The molecule has 6 heteroatoms. The Morgan fingerprint density at radius 1 is 1.11 bits per heavy atom. The van der Waals surface area contributed by atoms with E-state index in [4.69, 9.17) is 4.74 Å². The van der Waals surface area contributed by atoms with Crippen LogP contribution in [0.3, 0.4) is 0 Å². The fourth-order valence-corrected chi connectivity index (χ4v) is 2.72. The molecule has 0 radical (unpaired) electrons. The van der Waals surface area contributed by atoms with Crippen molar-refractivity contribution < 1.29 is 23.4 Å². The summed E-state index contributed by atoms with van der Waals surface area (Å²) in [5.41, 5.74) is 1.33. The minimum absolute atomic E-state index is 0.115. The van der Waals surface area contributed by atoms with E-state index < -0.39 is 6.10 Å². The molecule has 0 saturated heterocycles. The van der Waals surface area contributed by atoms with Gasteiger partial charge < -0.3 is 9.84 Å². The van der Waals surface area contributed by atoms with Gasteiger partial charge in [0.25, 0.3) is 0 Å². The maximum absolute atomic E-state index is 14.0. The zero-order chi connectivity index (χ0) is 19.6. The van der Waals surface area contributed by atoms with Crippen molar-refractivity contribution >= 4 is 5.97 Å². The van der Waals surface area contributed by atoms with E-state index in [2.05, 4.69) is 0 Å². The first kappa shape index (κ1) is 21.0. The average molecular weight is 377 g/mol. The van der Waals surface area contributed by atoms with E-state index in [1.807, 2.05) is 11.8 Å². The minimum Gasteiger partial charge on any atom is -0.463 e.